The Kier molecular flexibility index (Phi) is 5.58. The van der Waals surface area contributed by atoms with Crippen molar-refractivity contribution in [3.63, 3.8) is 0 Å². The third kappa shape index (κ3) is 4.29. The molecule has 6 heteroatoms. The highest BCUT2D eigenvalue weighted by Crippen LogP contribution is 2.28. The van der Waals surface area contributed by atoms with E-state index in [-0.39, 0.29) is 22.8 Å². The monoisotopic (exact) mass is 274 g/mol. The van der Waals surface area contributed by atoms with Crippen LogP contribution in [0.25, 0.3) is 0 Å². The van der Waals surface area contributed by atoms with Gasteiger partial charge in [-0.1, -0.05) is 11.8 Å². The first kappa shape index (κ1) is 14.9. The van der Waals surface area contributed by atoms with Crippen LogP contribution < -0.4 is 0 Å². The average molecular weight is 274 g/mol. The lowest BCUT2D eigenvalue weighted by atomic mass is 10.0. The molecule has 1 aromatic rings. The van der Waals surface area contributed by atoms with E-state index in [1.165, 1.54) is 6.92 Å². The topological polar surface area (TPSA) is 77.8 Å². The molecule has 0 fully saturated rings. The van der Waals surface area contributed by atoms with Crippen LogP contribution in [0, 0.1) is 5.82 Å². The van der Waals surface area contributed by atoms with Crippen molar-refractivity contribution in [2.75, 3.05) is 5.75 Å². The first-order chi connectivity index (χ1) is 8.41. The molecule has 0 saturated heterocycles. The number of benzene rings is 1. The lowest BCUT2D eigenvalue weighted by Crippen LogP contribution is -2.19. The van der Waals surface area contributed by atoms with Gasteiger partial charge in [0.2, 0.25) is 0 Å². The van der Waals surface area contributed by atoms with Gasteiger partial charge in [0.25, 0.3) is 0 Å². The number of aliphatic hydroxyl groups excluding tert-OH is 2. The van der Waals surface area contributed by atoms with Crippen LogP contribution in [0.3, 0.4) is 0 Å². The quantitative estimate of drug-likeness (QED) is 0.760. The van der Waals surface area contributed by atoms with E-state index in [0.717, 1.165) is 30.0 Å². The Morgan fingerprint density at radius 3 is 2.72 bits per heavy atom. The van der Waals surface area contributed by atoms with Gasteiger partial charge in [-0.3, -0.25) is 4.79 Å². The van der Waals surface area contributed by atoms with Crippen LogP contribution >= 0.6 is 11.8 Å². The van der Waals surface area contributed by atoms with Gasteiger partial charge in [-0.2, -0.15) is 0 Å². The zero-order valence-electron chi connectivity index (χ0n) is 9.84. The van der Waals surface area contributed by atoms with Crippen molar-refractivity contribution in [2.45, 2.75) is 25.6 Å². The molecule has 0 aromatic heterocycles. The molecule has 100 valence electrons. The lowest BCUT2D eigenvalue weighted by Gasteiger charge is -2.18. The van der Waals surface area contributed by atoms with Crippen molar-refractivity contribution in [1.82, 2.24) is 0 Å². The van der Waals surface area contributed by atoms with Crippen LogP contribution in [0.1, 0.15) is 25.0 Å². The molecule has 18 heavy (non-hydrogen) atoms. The normalized spacial score (nSPS) is 14.2. The van der Waals surface area contributed by atoms with E-state index in [1.807, 2.05) is 0 Å². The average Bonchev–Trinajstić information content (AvgIpc) is 2.30. The van der Waals surface area contributed by atoms with Gasteiger partial charge in [-0.15, -0.1) is 0 Å². The maximum Gasteiger partial charge on any atom is 0.185 e. The number of aliphatic hydroxyl groups is 2. The van der Waals surface area contributed by atoms with Gasteiger partial charge in [-0.25, -0.2) is 4.39 Å². The summed E-state index contributed by atoms with van der Waals surface area (Å²) in [7, 11) is 0. The summed E-state index contributed by atoms with van der Waals surface area (Å²) >= 11 is 1.03. The maximum absolute atomic E-state index is 13.0. The molecule has 2 atom stereocenters. The van der Waals surface area contributed by atoms with E-state index >= 15 is 0 Å². The Labute approximate surface area is 108 Å². The van der Waals surface area contributed by atoms with E-state index in [9.17, 15) is 24.5 Å². The molecule has 4 nitrogen and oxygen atoms in total. The Bertz CT molecular complexity index is 425. The zero-order valence-corrected chi connectivity index (χ0v) is 10.7. The van der Waals surface area contributed by atoms with Crippen molar-refractivity contribution in [1.29, 1.82) is 0 Å². The summed E-state index contributed by atoms with van der Waals surface area (Å²) in [6, 6.07) is 3.15. The SMILES string of the molecule is CC(=O)SCCC(O)C(O)c1cc(F)ccc1O. The van der Waals surface area contributed by atoms with Crippen molar-refractivity contribution >= 4 is 16.9 Å². The fourth-order valence-electron chi connectivity index (χ4n) is 1.45. The van der Waals surface area contributed by atoms with Crippen LogP contribution in [0.4, 0.5) is 4.39 Å². The minimum absolute atomic E-state index is 0.0599. The predicted octanol–water partition coefficient (Wildman–Crippen LogP) is 1.60. The fourth-order valence-corrected chi connectivity index (χ4v) is 2.10. The van der Waals surface area contributed by atoms with E-state index in [0.29, 0.717) is 5.75 Å². The number of phenolic OH excluding ortho intramolecular Hbond substituents is 1. The largest absolute Gasteiger partial charge is 0.508 e. The van der Waals surface area contributed by atoms with E-state index in [2.05, 4.69) is 0 Å². The molecule has 2 unspecified atom stereocenters. The number of hydrogen-bond acceptors (Lipinski definition) is 5. The molecule has 0 bridgehead atoms. The van der Waals surface area contributed by atoms with Crippen LogP contribution in [0.5, 0.6) is 5.75 Å². The molecule has 0 heterocycles. The van der Waals surface area contributed by atoms with Gasteiger partial charge in [-0.05, 0) is 24.6 Å². The molecule has 0 aliphatic rings. The number of thioether (sulfide) groups is 1. The number of carbonyl (C=O) groups excluding carboxylic acids is 1. The molecule has 0 saturated carbocycles. The van der Waals surface area contributed by atoms with Crippen LogP contribution in [0.2, 0.25) is 0 Å². The summed E-state index contributed by atoms with van der Waals surface area (Å²) in [6.45, 7) is 1.41. The number of phenols is 1. The molecular weight excluding hydrogens is 259 g/mol. The van der Waals surface area contributed by atoms with Crippen LogP contribution in [-0.2, 0) is 4.79 Å². The summed E-state index contributed by atoms with van der Waals surface area (Å²) in [5, 5.41) is 28.9. The van der Waals surface area contributed by atoms with E-state index < -0.39 is 18.0 Å². The second-order valence-corrected chi connectivity index (χ2v) is 5.12. The van der Waals surface area contributed by atoms with Gasteiger partial charge < -0.3 is 15.3 Å². The lowest BCUT2D eigenvalue weighted by molar-refractivity contribution is -0.109. The van der Waals surface area contributed by atoms with Crippen LogP contribution in [0.15, 0.2) is 18.2 Å². The maximum atomic E-state index is 13.0. The predicted molar refractivity (Wildman–Crippen MR) is 66.8 cm³/mol. The number of rotatable bonds is 5. The highest BCUT2D eigenvalue weighted by atomic mass is 32.2. The molecule has 0 spiro atoms. The smallest absolute Gasteiger partial charge is 0.185 e. The number of halogens is 1. The molecule has 1 aromatic carbocycles. The second kappa shape index (κ2) is 6.72. The molecule has 0 amide bonds. The molecule has 0 aliphatic heterocycles. The minimum Gasteiger partial charge on any atom is -0.508 e. The third-order valence-corrected chi connectivity index (χ3v) is 3.24. The number of carbonyl (C=O) groups is 1. The van der Waals surface area contributed by atoms with E-state index in [1.54, 1.807) is 0 Å². The third-order valence-electron chi connectivity index (χ3n) is 2.39. The number of aromatic hydroxyl groups is 1. The number of hydrogen-bond donors (Lipinski definition) is 3. The van der Waals surface area contributed by atoms with Gasteiger partial charge in [0.15, 0.2) is 5.12 Å². The summed E-state index contributed by atoms with van der Waals surface area (Å²) in [5.41, 5.74) is -0.0599. The van der Waals surface area contributed by atoms with Crippen molar-refractivity contribution in [3.8, 4) is 5.75 Å². The van der Waals surface area contributed by atoms with Gasteiger partial charge in [0, 0.05) is 18.2 Å². The van der Waals surface area contributed by atoms with Crippen LogP contribution in [-0.4, -0.2) is 32.3 Å². The highest BCUT2D eigenvalue weighted by molar-refractivity contribution is 8.13. The van der Waals surface area contributed by atoms with Gasteiger partial charge >= 0.3 is 0 Å². The highest BCUT2D eigenvalue weighted by Gasteiger charge is 2.21. The van der Waals surface area contributed by atoms with E-state index in [4.69, 9.17) is 0 Å². The fraction of sp³-hybridized carbons (Fsp3) is 0.417. The summed E-state index contributed by atoms with van der Waals surface area (Å²) in [6.07, 6.45) is -2.38. The van der Waals surface area contributed by atoms with Crippen molar-refractivity contribution in [2.24, 2.45) is 0 Å². The summed E-state index contributed by atoms with van der Waals surface area (Å²) < 4.78 is 13.0. The first-order valence-electron chi connectivity index (χ1n) is 5.39. The molecule has 3 N–H and O–H groups in total. The van der Waals surface area contributed by atoms with Crippen molar-refractivity contribution < 1.29 is 24.5 Å². The molecule has 0 radical (unpaired) electrons. The zero-order chi connectivity index (χ0) is 13.7. The molecular formula is C12H15FO4S. The Morgan fingerprint density at radius 1 is 1.44 bits per heavy atom. The first-order valence-corrected chi connectivity index (χ1v) is 6.38. The Morgan fingerprint density at radius 2 is 2.11 bits per heavy atom. The minimum atomic E-state index is -1.38. The van der Waals surface area contributed by atoms with Gasteiger partial charge in [0.05, 0.1) is 6.10 Å². The molecule has 1 rings (SSSR count). The summed E-state index contributed by atoms with van der Waals surface area (Å²) in [5.74, 6) is -0.529. The second-order valence-electron chi connectivity index (χ2n) is 3.84. The Balaban J connectivity index is 2.64. The van der Waals surface area contributed by atoms with Gasteiger partial charge in [0.1, 0.15) is 17.7 Å². The molecule has 0 aliphatic carbocycles. The standard InChI is InChI=1S/C12H15FO4S/c1-7(14)18-5-4-11(16)12(17)9-6-8(13)2-3-10(9)15/h2-3,6,11-12,15-17H,4-5H2,1H3. The summed E-state index contributed by atoms with van der Waals surface area (Å²) in [4.78, 5) is 10.7. The Hall–Kier alpha value is -1.11. The van der Waals surface area contributed by atoms with Crippen molar-refractivity contribution in [3.05, 3.63) is 29.6 Å².